The molecule has 0 radical (unpaired) electrons. The van der Waals surface area contributed by atoms with E-state index in [2.05, 4.69) is 59.0 Å². The molecule has 1 N–H and O–H groups in total. The van der Waals surface area contributed by atoms with E-state index in [1.807, 2.05) is 7.05 Å². The summed E-state index contributed by atoms with van der Waals surface area (Å²) in [6.45, 7) is 13.4. The normalized spacial score (nSPS) is 13.9. The summed E-state index contributed by atoms with van der Waals surface area (Å²) in [6.07, 6.45) is 0. The van der Waals surface area contributed by atoms with E-state index in [9.17, 15) is 0 Å². The van der Waals surface area contributed by atoms with E-state index in [1.54, 1.807) is 0 Å². The lowest BCUT2D eigenvalue weighted by atomic mass is 9.83. The van der Waals surface area contributed by atoms with E-state index in [-0.39, 0.29) is 5.41 Å². The zero-order valence-electron chi connectivity index (χ0n) is 11.7. The number of benzene rings is 1. The lowest BCUT2D eigenvalue weighted by molar-refractivity contribution is 0.585. The molecule has 1 aromatic rings. The van der Waals surface area contributed by atoms with Gasteiger partial charge < -0.3 is 5.32 Å². The van der Waals surface area contributed by atoms with Gasteiger partial charge in [-0.1, -0.05) is 32.9 Å². The summed E-state index contributed by atoms with van der Waals surface area (Å²) in [7, 11) is 2.02. The SMILES string of the molecule is CNC(C)c1c(C)cc(C(C)(C)C)cc1C. The van der Waals surface area contributed by atoms with Gasteiger partial charge in [-0.05, 0) is 55.5 Å². The van der Waals surface area contributed by atoms with Crippen molar-refractivity contribution in [3.8, 4) is 0 Å². The first-order valence-electron chi connectivity index (χ1n) is 6.06. The molecule has 1 rings (SSSR count). The minimum Gasteiger partial charge on any atom is -0.313 e. The predicted octanol–water partition coefficient (Wildman–Crippen LogP) is 3.88. The summed E-state index contributed by atoms with van der Waals surface area (Å²) < 4.78 is 0. The molecule has 0 aromatic heterocycles. The van der Waals surface area contributed by atoms with Gasteiger partial charge in [-0.25, -0.2) is 0 Å². The van der Waals surface area contributed by atoms with Crippen molar-refractivity contribution in [3.05, 3.63) is 34.4 Å². The first-order valence-corrected chi connectivity index (χ1v) is 6.06. The maximum absolute atomic E-state index is 3.32. The highest BCUT2D eigenvalue weighted by Crippen LogP contribution is 2.29. The topological polar surface area (TPSA) is 12.0 Å². The smallest absolute Gasteiger partial charge is 0.0294 e. The Balaban J connectivity index is 3.28. The summed E-state index contributed by atoms with van der Waals surface area (Å²) in [6, 6.07) is 5.08. The van der Waals surface area contributed by atoms with Crippen LogP contribution in [-0.2, 0) is 5.41 Å². The minimum absolute atomic E-state index is 0.233. The molecule has 0 aliphatic heterocycles. The van der Waals surface area contributed by atoms with Crippen LogP contribution in [0.5, 0.6) is 0 Å². The Morgan fingerprint density at radius 3 is 1.81 bits per heavy atom. The first kappa shape index (κ1) is 13.2. The van der Waals surface area contributed by atoms with Gasteiger partial charge in [0.1, 0.15) is 0 Å². The molecule has 1 nitrogen and oxygen atoms in total. The van der Waals surface area contributed by atoms with E-state index in [4.69, 9.17) is 0 Å². The first-order chi connectivity index (χ1) is 7.27. The van der Waals surface area contributed by atoms with Crippen molar-refractivity contribution in [3.63, 3.8) is 0 Å². The summed E-state index contributed by atoms with van der Waals surface area (Å²) >= 11 is 0. The van der Waals surface area contributed by atoms with Gasteiger partial charge in [0.2, 0.25) is 0 Å². The lowest BCUT2D eigenvalue weighted by Gasteiger charge is -2.24. The summed E-state index contributed by atoms with van der Waals surface area (Å²) in [5.41, 5.74) is 5.89. The van der Waals surface area contributed by atoms with E-state index < -0.39 is 0 Å². The summed E-state index contributed by atoms with van der Waals surface area (Å²) in [5.74, 6) is 0. The highest BCUT2D eigenvalue weighted by molar-refractivity contribution is 5.42. The van der Waals surface area contributed by atoms with Gasteiger partial charge in [0.15, 0.2) is 0 Å². The number of hydrogen-bond acceptors (Lipinski definition) is 1. The number of aryl methyl sites for hydroxylation is 2. The Morgan fingerprint density at radius 2 is 1.50 bits per heavy atom. The third kappa shape index (κ3) is 2.65. The van der Waals surface area contributed by atoms with Crippen LogP contribution in [0.3, 0.4) is 0 Å². The maximum Gasteiger partial charge on any atom is 0.0294 e. The van der Waals surface area contributed by atoms with Crippen molar-refractivity contribution in [1.29, 1.82) is 0 Å². The molecule has 1 atom stereocenters. The molecule has 0 amide bonds. The number of nitrogens with one attached hydrogen (secondary N) is 1. The van der Waals surface area contributed by atoms with Crippen LogP contribution in [0, 0.1) is 13.8 Å². The molecular weight excluding hydrogens is 194 g/mol. The van der Waals surface area contributed by atoms with Crippen molar-refractivity contribution in [2.45, 2.75) is 53.0 Å². The molecule has 0 spiro atoms. The molecule has 1 heteroatoms. The van der Waals surface area contributed by atoms with E-state index in [0.717, 1.165) is 0 Å². The van der Waals surface area contributed by atoms with Crippen LogP contribution < -0.4 is 5.32 Å². The predicted molar refractivity (Wildman–Crippen MR) is 72.1 cm³/mol. The number of rotatable bonds is 2. The van der Waals surface area contributed by atoms with Crippen molar-refractivity contribution in [2.75, 3.05) is 7.05 Å². The monoisotopic (exact) mass is 219 g/mol. The zero-order chi connectivity index (χ0) is 12.5. The van der Waals surface area contributed by atoms with Gasteiger partial charge in [0, 0.05) is 6.04 Å². The molecular formula is C15H25N. The molecule has 1 aromatic carbocycles. The van der Waals surface area contributed by atoms with Crippen LogP contribution in [0.2, 0.25) is 0 Å². The second-order valence-electron chi connectivity index (χ2n) is 5.78. The third-order valence-electron chi connectivity index (χ3n) is 3.33. The van der Waals surface area contributed by atoms with Gasteiger partial charge in [0.25, 0.3) is 0 Å². The van der Waals surface area contributed by atoms with Crippen LogP contribution >= 0.6 is 0 Å². The van der Waals surface area contributed by atoms with Crippen LogP contribution in [0.15, 0.2) is 12.1 Å². The van der Waals surface area contributed by atoms with E-state index in [1.165, 1.54) is 22.3 Å². The molecule has 0 aliphatic carbocycles. The average molecular weight is 219 g/mol. The molecule has 0 aliphatic rings. The fourth-order valence-corrected chi connectivity index (χ4v) is 2.24. The van der Waals surface area contributed by atoms with Crippen molar-refractivity contribution < 1.29 is 0 Å². The average Bonchev–Trinajstić information content (AvgIpc) is 2.14. The number of hydrogen-bond donors (Lipinski definition) is 1. The highest BCUT2D eigenvalue weighted by atomic mass is 14.9. The quantitative estimate of drug-likeness (QED) is 0.796. The van der Waals surface area contributed by atoms with Crippen molar-refractivity contribution in [1.82, 2.24) is 5.32 Å². The molecule has 16 heavy (non-hydrogen) atoms. The van der Waals surface area contributed by atoms with E-state index in [0.29, 0.717) is 6.04 Å². The van der Waals surface area contributed by atoms with Crippen molar-refractivity contribution >= 4 is 0 Å². The van der Waals surface area contributed by atoms with Gasteiger partial charge in [-0.2, -0.15) is 0 Å². The van der Waals surface area contributed by atoms with Gasteiger partial charge in [-0.15, -0.1) is 0 Å². The molecule has 1 unspecified atom stereocenters. The van der Waals surface area contributed by atoms with Crippen LogP contribution in [0.1, 0.15) is 56.0 Å². The maximum atomic E-state index is 3.32. The standard InChI is InChI=1S/C15H25N/c1-10-8-13(15(4,5)6)9-11(2)14(10)12(3)16-7/h8-9,12,16H,1-7H3. The fraction of sp³-hybridized carbons (Fsp3) is 0.600. The molecule has 0 bridgehead atoms. The largest absolute Gasteiger partial charge is 0.313 e. The van der Waals surface area contributed by atoms with Crippen molar-refractivity contribution in [2.24, 2.45) is 0 Å². The van der Waals surface area contributed by atoms with Crippen LogP contribution in [-0.4, -0.2) is 7.05 Å². The molecule has 0 fully saturated rings. The Hall–Kier alpha value is -0.820. The highest BCUT2D eigenvalue weighted by Gasteiger charge is 2.17. The molecule has 90 valence electrons. The van der Waals surface area contributed by atoms with E-state index >= 15 is 0 Å². The van der Waals surface area contributed by atoms with Gasteiger partial charge >= 0.3 is 0 Å². The Bertz CT molecular complexity index is 349. The minimum atomic E-state index is 0.233. The second kappa shape index (κ2) is 4.58. The second-order valence-corrected chi connectivity index (χ2v) is 5.78. The lowest BCUT2D eigenvalue weighted by Crippen LogP contribution is -2.17. The Kier molecular flexibility index (Phi) is 3.80. The molecule has 0 saturated heterocycles. The van der Waals surface area contributed by atoms with Gasteiger partial charge in [0.05, 0.1) is 0 Å². The summed E-state index contributed by atoms with van der Waals surface area (Å²) in [4.78, 5) is 0. The van der Waals surface area contributed by atoms with Gasteiger partial charge in [-0.3, -0.25) is 0 Å². The zero-order valence-corrected chi connectivity index (χ0v) is 11.7. The Morgan fingerprint density at radius 1 is 1.06 bits per heavy atom. The van der Waals surface area contributed by atoms with Crippen LogP contribution in [0.25, 0.3) is 0 Å². The fourth-order valence-electron chi connectivity index (χ4n) is 2.24. The molecule has 0 saturated carbocycles. The molecule has 0 heterocycles. The summed E-state index contributed by atoms with van der Waals surface area (Å²) in [5, 5.41) is 3.32. The van der Waals surface area contributed by atoms with Crippen LogP contribution in [0.4, 0.5) is 0 Å². The Labute approximate surface area is 100 Å². The third-order valence-corrected chi connectivity index (χ3v) is 3.33.